The number of carbonyl (C=O) groups excluding carboxylic acids is 2. The number of hydrogen-bond acceptors (Lipinski definition) is 3. The Morgan fingerprint density at radius 2 is 1.80 bits per heavy atom. The van der Waals surface area contributed by atoms with Crippen LogP contribution in [0.3, 0.4) is 0 Å². The first kappa shape index (κ1) is 16.6. The molecule has 6 nitrogen and oxygen atoms in total. The molecular formula is C12H22F2N4O2. The van der Waals surface area contributed by atoms with Gasteiger partial charge in [-0.15, -0.1) is 0 Å². The molecular weight excluding hydrogens is 270 g/mol. The number of hydrogen-bond donors (Lipinski definition) is 4. The summed E-state index contributed by atoms with van der Waals surface area (Å²) in [5, 5.41) is 7.13. The Labute approximate surface area is 116 Å². The van der Waals surface area contributed by atoms with E-state index < -0.39 is 31.0 Å². The topological polar surface area (TPSA) is 96.2 Å². The van der Waals surface area contributed by atoms with E-state index in [0.29, 0.717) is 0 Å². The van der Waals surface area contributed by atoms with E-state index >= 15 is 0 Å². The molecule has 0 atom stereocenters. The first-order valence-corrected chi connectivity index (χ1v) is 6.82. The second kappa shape index (κ2) is 7.98. The van der Waals surface area contributed by atoms with Crippen molar-refractivity contribution in [3.63, 3.8) is 0 Å². The van der Waals surface area contributed by atoms with Crippen LogP contribution < -0.4 is 21.7 Å². The maximum Gasteiger partial charge on any atom is 0.315 e. The van der Waals surface area contributed by atoms with Gasteiger partial charge in [0.1, 0.15) is 0 Å². The molecule has 0 heterocycles. The lowest BCUT2D eigenvalue weighted by atomic mass is 9.96. The summed E-state index contributed by atoms with van der Waals surface area (Å²) in [6.45, 7) is -1.99. The molecule has 116 valence electrons. The Morgan fingerprint density at radius 3 is 2.40 bits per heavy atom. The molecule has 1 aliphatic rings. The van der Waals surface area contributed by atoms with Crippen LogP contribution in [-0.4, -0.2) is 43.5 Å². The summed E-state index contributed by atoms with van der Waals surface area (Å²) in [5.74, 6) is -3.79. The third-order valence-corrected chi connectivity index (χ3v) is 3.19. The molecule has 1 aliphatic carbocycles. The van der Waals surface area contributed by atoms with Crippen molar-refractivity contribution < 1.29 is 18.4 Å². The zero-order valence-electron chi connectivity index (χ0n) is 11.4. The quantitative estimate of drug-likeness (QED) is 0.568. The molecule has 1 rings (SSSR count). The van der Waals surface area contributed by atoms with Gasteiger partial charge in [0.2, 0.25) is 5.91 Å². The van der Waals surface area contributed by atoms with Crippen LogP contribution in [0.25, 0.3) is 0 Å². The molecule has 5 N–H and O–H groups in total. The Kier molecular flexibility index (Phi) is 6.63. The average Bonchev–Trinajstić information content (AvgIpc) is 2.44. The van der Waals surface area contributed by atoms with Gasteiger partial charge in [-0.2, -0.15) is 0 Å². The van der Waals surface area contributed by atoms with Crippen LogP contribution in [0, 0.1) is 0 Å². The van der Waals surface area contributed by atoms with Crippen LogP contribution in [0.4, 0.5) is 13.6 Å². The number of alkyl halides is 2. The monoisotopic (exact) mass is 292 g/mol. The third-order valence-electron chi connectivity index (χ3n) is 3.19. The van der Waals surface area contributed by atoms with Gasteiger partial charge in [-0.05, 0) is 12.8 Å². The van der Waals surface area contributed by atoms with Gasteiger partial charge in [0.25, 0.3) is 5.92 Å². The molecule has 0 unspecified atom stereocenters. The number of nitrogens with two attached hydrogens (primary N) is 1. The third kappa shape index (κ3) is 6.65. The van der Waals surface area contributed by atoms with E-state index in [9.17, 15) is 18.4 Å². The summed E-state index contributed by atoms with van der Waals surface area (Å²) in [7, 11) is 0. The molecule has 0 bridgehead atoms. The summed E-state index contributed by atoms with van der Waals surface area (Å²) in [6, 6.07) is -0.314. The van der Waals surface area contributed by atoms with E-state index in [1.54, 1.807) is 0 Å². The molecule has 0 saturated heterocycles. The highest BCUT2D eigenvalue weighted by atomic mass is 19.3. The van der Waals surface area contributed by atoms with Crippen LogP contribution in [0.15, 0.2) is 0 Å². The van der Waals surface area contributed by atoms with Gasteiger partial charge in [-0.1, -0.05) is 19.3 Å². The average molecular weight is 292 g/mol. The van der Waals surface area contributed by atoms with Gasteiger partial charge >= 0.3 is 6.03 Å². The maximum absolute atomic E-state index is 12.8. The molecule has 3 amide bonds. The summed E-state index contributed by atoms with van der Waals surface area (Å²) >= 11 is 0. The van der Waals surface area contributed by atoms with Crippen molar-refractivity contribution in [1.82, 2.24) is 16.0 Å². The Hall–Kier alpha value is -1.44. The van der Waals surface area contributed by atoms with Gasteiger partial charge in [0, 0.05) is 6.04 Å². The second-order valence-corrected chi connectivity index (χ2v) is 5.00. The summed E-state index contributed by atoms with van der Waals surface area (Å²) < 4.78 is 25.6. The number of rotatable bonds is 6. The fourth-order valence-corrected chi connectivity index (χ4v) is 2.01. The highest BCUT2D eigenvalue weighted by Crippen LogP contribution is 2.17. The zero-order valence-corrected chi connectivity index (χ0v) is 11.4. The lowest BCUT2D eigenvalue weighted by Gasteiger charge is -2.22. The van der Waals surface area contributed by atoms with Crippen molar-refractivity contribution in [1.29, 1.82) is 0 Å². The minimum atomic E-state index is -3.12. The Bertz CT molecular complexity index is 333. The molecule has 0 aromatic heterocycles. The molecule has 1 saturated carbocycles. The van der Waals surface area contributed by atoms with Gasteiger partial charge < -0.3 is 21.7 Å². The standard InChI is InChI=1S/C12H22F2N4O2/c13-12(14,7-15)8-17-10(19)6-16-11(20)18-9-4-2-1-3-5-9/h9H,1-8,15H2,(H,17,19)(H2,16,18,20). The Morgan fingerprint density at radius 1 is 1.15 bits per heavy atom. The maximum atomic E-state index is 12.8. The van der Waals surface area contributed by atoms with Crippen molar-refractivity contribution in [3.8, 4) is 0 Å². The largest absolute Gasteiger partial charge is 0.348 e. The van der Waals surface area contributed by atoms with E-state index in [1.807, 2.05) is 5.32 Å². The predicted octanol–water partition coefficient (Wildman–Crippen LogP) is 0.328. The lowest BCUT2D eigenvalue weighted by molar-refractivity contribution is -0.121. The van der Waals surface area contributed by atoms with Crippen molar-refractivity contribution in [2.75, 3.05) is 19.6 Å². The highest BCUT2D eigenvalue weighted by Gasteiger charge is 2.27. The smallest absolute Gasteiger partial charge is 0.315 e. The van der Waals surface area contributed by atoms with E-state index in [2.05, 4.69) is 10.6 Å². The minimum Gasteiger partial charge on any atom is -0.348 e. The number of amides is 3. The van der Waals surface area contributed by atoms with Crippen molar-refractivity contribution in [3.05, 3.63) is 0 Å². The fraction of sp³-hybridized carbons (Fsp3) is 0.833. The summed E-state index contributed by atoms with van der Waals surface area (Å²) in [5.41, 5.74) is 4.84. The van der Waals surface area contributed by atoms with Gasteiger partial charge in [0.15, 0.2) is 0 Å². The SMILES string of the molecule is NCC(F)(F)CNC(=O)CNC(=O)NC1CCCCC1. The van der Waals surface area contributed by atoms with E-state index in [1.165, 1.54) is 6.42 Å². The van der Waals surface area contributed by atoms with Crippen LogP contribution in [-0.2, 0) is 4.79 Å². The minimum absolute atomic E-state index is 0.133. The van der Waals surface area contributed by atoms with Crippen LogP contribution >= 0.6 is 0 Å². The molecule has 0 aromatic rings. The molecule has 1 fully saturated rings. The lowest BCUT2D eigenvalue weighted by Crippen LogP contribution is -2.48. The van der Waals surface area contributed by atoms with Gasteiger partial charge in [-0.3, -0.25) is 4.79 Å². The number of urea groups is 1. The zero-order chi connectivity index (χ0) is 15.0. The van der Waals surface area contributed by atoms with Crippen LogP contribution in [0.1, 0.15) is 32.1 Å². The van der Waals surface area contributed by atoms with E-state index in [-0.39, 0.29) is 12.6 Å². The number of carbonyl (C=O) groups is 2. The first-order chi connectivity index (χ1) is 9.43. The fourth-order valence-electron chi connectivity index (χ4n) is 2.01. The molecule has 0 aliphatic heterocycles. The molecule has 0 radical (unpaired) electrons. The normalized spacial score (nSPS) is 16.6. The molecule has 0 aromatic carbocycles. The molecule has 0 spiro atoms. The number of nitrogens with one attached hydrogen (secondary N) is 3. The highest BCUT2D eigenvalue weighted by molar-refractivity contribution is 5.84. The van der Waals surface area contributed by atoms with E-state index in [4.69, 9.17) is 5.73 Å². The van der Waals surface area contributed by atoms with Gasteiger partial charge in [-0.25, -0.2) is 13.6 Å². The second-order valence-electron chi connectivity index (χ2n) is 5.00. The molecule has 8 heteroatoms. The van der Waals surface area contributed by atoms with Crippen molar-refractivity contribution in [2.24, 2.45) is 5.73 Å². The first-order valence-electron chi connectivity index (χ1n) is 6.82. The molecule has 20 heavy (non-hydrogen) atoms. The van der Waals surface area contributed by atoms with Crippen molar-refractivity contribution in [2.45, 2.75) is 44.1 Å². The summed E-state index contributed by atoms with van der Waals surface area (Å²) in [6.07, 6.45) is 5.21. The van der Waals surface area contributed by atoms with Gasteiger partial charge in [0.05, 0.1) is 19.6 Å². The van der Waals surface area contributed by atoms with E-state index in [0.717, 1.165) is 25.7 Å². The van der Waals surface area contributed by atoms with Crippen LogP contribution in [0.2, 0.25) is 0 Å². The van der Waals surface area contributed by atoms with Crippen molar-refractivity contribution >= 4 is 11.9 Å². The number of halogens is 2. The van der Waals surface area contributed by atoms with Crippen LogP contribution in [0.5, 0.6) is 0 Å². The summed E-state index contributed by atoms with van der Waals surface area (Å²) in [4.78, 5) is 22.8. The Balaban J connectivity index is 2.15. The predicted molar refractivity (Wildman–Crippen MR) is 70.4 cm³/mol.